The van der Waals surface area contributed by atoms with Crippen LogP contribution in [0, 0.1) is 0 Å². The number of esters is 2. The number of ether oxygens (including phenoxy) is 2. The summed E-state index contributed by atoms with van der Waals surface area (Å²) >= 11 is 0. The van der Waals surface area contributed by atoms with E-state index in [9.17, 15) is 14.2 Å². The zero-order valence-corrected chi connectivity index (χ0v) is 18.8. The van der Waals surface area contributed by atoms with Gasteiger partial charge in [0.2, 0.25) is 0 Å². The molecule has 0 amide bonds. The van der Waals surface area contributed by atoms with Crippen LogP contribution in [0.3, 0.4) is 0 Å². The first kappa shape index (κ1) is 28.0. The Balaban J connectivity index is 0. The smallest absolute Gasteiger partial charge is 0.344 e. The summed E-state index contributed by atoms with van der Waals surface area (Å²) in [6.07, 6.45) is 5.21. The van der Waals surface area contributed by atoms with Crippen LogP contribution in [-0.2, 0) is 32.7 Å². The maximum Gasteiger partial charge on any atom is 0.344 e. The molecule has 1 unspecified atom stereocenters. The Morgan fingerprint density at radius 3 is 1.85 bits per heavy atom. The Kier molecular flexibility index (Phi) is 17.6. The van der Waals surface area contributed by atoms with Crippen LogP contribution in [0.25, 0.3) is 0 Å². The van der Waals surface area contributed by atoms with Crippen LogP contribution in [0.2, 0.25) is 0 Å². The first-order valence-electron chi connectivity index (χ1n) is 9.63. The lowest BCUT2D eigenvalue weighted by atomic mass is 10.2. The summed E-state index contributed by atoms with van der Waals surface area (Å²) in [5.74, 6) is -0.740. The molecule has 0 aliphatic heterocycles. The monoisotopic (exact) mass is 408 g/mol. The molecule has 0 bridgehead atoms. The number of rotatable bonds is 12. The lowest BCUT2D eigenvalue weighted by molar-refractivity contribution is -0.142. The standard InChI is InChI=1S/C10H18O2.C9H19O5P/c1-4-6-7-8-9(3)10(11)12-5-2;1-5-12-9(10)8(4)15(11,13-6-2)14-7-3/h8H,4-7H2,1-3H3;8H,5-7H2,1-4H3/b9-8+;. The highest BCUT2D eigenvalue weighted by Crippen LogP contribution is 2.53. The van der Waals surface area contributed by atoms with Gasteiger partial charge in [0.1, 0.15) is 0 Å². The minimum atomic E-state index is -3.37. The SMILES string of the molecule is CCCC/C=C(\C)C(=O)OCC.CCOC(=O)C(C)P(=O)(OCC)OCC. The molecule has 0 aliphatic carbocycles. The summed E-state index contributed by atoms with van der Waals surface area (Å²) in [5, 5.41) is 0. The molecule has 1 atom stereocenters. The van der Waals surface area contributed by atoms with Crippen molar-refractivity contribution in [3.05, 3.63) is 11.6 Å². The molecule has 0 rings (SSSR count). The van der Waals surface area contributed by atoms with Gasteiger partial charge in [0.05, 0.1) is 26.4 Å². The quantitative estimate of drug-likeness (QED) is 0.197. The average Bonchev–Trinajstić information content (AvgIpc) is 2.62. The molecule has 0 heterocycles. The lowest BCUT2D eigenvalue weighted by Crippen LogP contribution is -2.22. The van der Waals surface area contributed by atoms with E-state index >= 15 is 0 Å². The van der Waals surface area contributed by atoms with E-state index in [0.29, 0.717) is 6.61 Å². The van der Waals surface area contributed by atoms with Crippen molar-refractivity contribution in [1.82, 2.24) is 0 Å². The number of allylic oxidation sites excluding steroid dienone is 1. The molecule has 160 valence electrons. The van der Waals surface area contributed by atoms with Gasteiger partial charge in [-0.15, -0.1) is 0 Å². The summed E-state index contributed by atoms with van der Waals surface area (Å²) in [6, 6.07) is 0. The van der Waals surface area contributed by atoms with Crippen molar-refractivity contribution in [3.8, 4) is 0 Å². The van der Waals surface area contributed by atoms with Crippen molar-refractivity contribution in [2.75, 3.05) is 26.4 Å². The van der Waals surface area contributed by atoms with E-state index in [0.717, 1.165) is 24.8 Å². The van der Waals surface area contributed by atoms with Crippen LogP contribution in [0.1, 0.15) is 67.7 Å². The summed E-state index contributed by atoms with van der Waals surface area (Å²) in [7, 11) is -3.37. The fourth-order valence-electron chi connectivity index (χ4n) is 1.86. The maximum atomic E-state index is 12.1. The molecule has 0 aliphatic rings. The summed E-state index contributed by atoms with van der Waals surface area (Å²) in [4.78, 5) is 22.4. The first-order valence-corrected chi connectivity index (χ1v) is 11.2. The van der Waals surface area contributed by atoms with Gasteiger partial charge in [-0.1, -0.05) is 25.8 Å². The van der Waals surface area contributed by atoms with Crippen LogP contribution in [0.15, 0.2) is 11.6 Å². The minimum Gasteiger partial charge on any atom is -0.465 e. The fourth-order valence-corrected chi connectivity index (χ4v) is 3.44. The van der Waals surface area contributed by atoms with Gasteiger partial charge in [0.15, 0.2) is 5.66 Å². The number of hydrogen-bond acceptors (Lipinski definition) is 7. The molecule has 0 saturated heterocycles. The Labute approximate surface area is 164 Å². The van der Waals surface area contributed by atoms with Crippen molar-refractivity contribution in [2.45, 2.75) is 73.4 Å². The average molecular weight is 408 g/mol. The highest BCUT2D eigenvalue weighted by atomic mass is 31.2. The summed E-state index contributed by atoms with van der Waals surface area (Å²) in [6.45, 7) is 13.5. The highest BCUT2D eigenvalue weighted by molar-refractivity contribution is 7.55. The van der Waals surface area contributed by atoms with E-state index < -0.39 is 19.2 Å². The van der Waals surface area contributed by atoms with Crippen molar-refractivity contribution in [3.63, 3.8) is 0 Å². The molecule has 0 radical (unpaired) electrons. The maximum absolute atomic E-state index is 12.1. The number of hydrogen-bond donors (Lipinski definition) is 0. The van der Waals surface area contributed by atoms with Gasteiger partial charge in [0, 0.05) is 5.57 Å². The van der Waals surface area contributed by atoms with E-state index in [1.807, 2.05) is 13.0 Å². The van der Waals surface area contributed by atoms with Gasteiger partial charge in [-0.2, -0.15) is 0 Å². The number of carbonyl (C=O) groups excluding carboxylic acids is 2. The van der Waals surface area contributed by atoms with Crippen molar-refractivity contribution in [2.24, 2.45) is 0 Å². The van der Waals surface area contributed by atoms with E-state index in [-0.39, 0.29) is 25.8 Å². The van der Waals surface area contributed by atoms with Crippen molar-refractivity contribution in [1.29, 1.82) is 0 Å². The molecule has 0 N–H and O–H groups in total. The zero-order chi connectivity index (χ0) is 21.3. The molecule has 0 saturated carbocycles. The molecule has 0 fully saturated rings. The topological polar surface area (TPSA) is 88.1 Å². The van der Waals surface area contributed by atoms with Gasteiger partial charge in [-0.25, -0.2) is 4.79 Å². The Hall–Kier alpha value is -1.17. The van der Waals surface area contributed by atoms with Crippen LogP contribution in [-0.4, -0.2) is 44.0 Å². The second-order valence-corrected chi connectivity index (χ2v) is 7.92. The Bertz CT molecular complexity index is 478. The van der Waals surface area contributed by atoms with Gasteiger partial charge >= 0.3 is 19.5 Å². The summed E-state index contributed by atoms with van der Waals surface area (Å²) in [5.41, 5.74) is -0.150. The predicted octanol–water partition coefficient (Wildman–Crippen LogP) is 4.89. The normalized spacial score (nSPS) is 12.6. The molecule has 7 nitrogen and oxygen atoms in total. The zero-order valence-electron chi connectivity index (χ0n) is 17.9. The highest BCUT2D eigenvalue weighted by Gasteiger charge is 2.38. The number of unbranched alkanes of at least 4 members (excludes halogenated alkanes) is 2. The Morgan fingerprint density at radius 1 is 0.926 bits per heavy atom. The molecule has 8 heteroatoms. The largest absolute Gasteiger partial charge is 0.465 e. The van der Waals surface area contributed by atoms with Crippen molar-refractivity contribution >= 4 is 19.5 Å². The molecule has 0 aromatic carbocycles. The molecular weight excluding hydrogens is 371 g/mol. The fraction of sp³-hybridized carbons (Fsp3) is 0.789. The van der Waals surface area contributed by atoms with Gasteiger partial charge in [0.25, 0.3) is 0 Å². The molecule has 0 aromatic heterocycles. The third-order valence-corrected chi connectivity index (χ3v) is 5.72. The Morgan fingerprint density at radius 2 is 1.44 bits per heavy atom. The van der Waals surface area contributed by atoms with Crippen LogP contribution < -0.4 is 0 Å². The van der Waals surface area contributed by atoms with Crippen LogP contribution in [0.5, 0.6) is 0 Å². The van der Waals surface area contributed by atoms with Crippen molar-refractivity contribution < 1.29 is 32.7 Å². The van der Waals surface area contributed by atoms with Gasteiger partial charge in [-0.3, -0.25) is 9.36 Å². The predicted molar refractivity (Wildman–Crippen MR) is 107 cm³/mol. The van der Waals surface area contributed by atoms with Gasteiger partial charge < -0.3 is 18.5 Å². The first-order chi connectivity index (χ1) is 12.7. The number of carbonyl (C=O) groups is 2. The summed E-state index contributed by atoms with van der Waals surface area (Å²) < 4.78 is 31.7. The minimum absolute atomic E-state index is 0.186. The molecule has 27 heavy (non-hydrogen) atoms. The van der Waals surface area contributed by atoms with E-state index in [2.05, 4.69) is 6.92 Å². The molecule has 0 aromatic rings. The van der Waals surface area contributed by atoms with E-state index in [1.165, 1.54) is 6.92 Å². The third-order valence-electron chi connectivity index (χ3n) is 3.33. The van der Waals surface area contributed by atoms with E-state index in [4.69, 9.17) is 18.5 Å². The van der Waals surface area contributed by atoms with Gasteiger partial charge in [-0.05, 0) is 48.0 Å². The van der Waals surface area contributed by atoms with Crippen LogP contribution in [0.4, 0.5) is 0 Å². The van der Waals surface area contributed by atoms with Crippen LogP contribution >= 0.6 is 7.60 Å². The second kappa shape index (κ2) is 17.0. The molecular formula is C19H37O7P. The molecule has 0 spiro atoms. The van der Waals surface area contributed by atoms with E-state index in [1.54, 1.807) is 27.7 Å². The second-order valence-electron chi connectivity index (χ2n) is 5.55. The third kappa shape index (κ3) is 12.8. The lowest BCUT2D eigenvalue weighted by Gasteiger charge is -2.21.